The molecule has 23 heavy (non-hydrogen) atoms. The Labute approximate surface area is 133 Å². The molecule has 1 aromatic heterocycles. The summed E-state index contributed by atoms with van der Waals surface area (Å²) in [5.41, 5.74) is 3.61. The third kappa shape index (κ3) is 4.37. The Morgan fingerprint density at radius 1 is 1.09 bits per heavy atom. The number of aryl methyl sites for hydroxylation is 2. The van der Waals surface area contributed by atoms with Gasteiger partial charge < -0.3 is 5.32 Å². The highest BCUT2D eigenvalue weighted by atomic mass is 32.2. The number of hydrogen-bond donors (Lipinski definition) is 4. The Kier molecular flexibility index (Phi) is 4.77. The van der Waals surface area contributed by atoms with Gasteiger partial charge in [-0.05, 0) is 44.2 Å². The van der Waals surface area contributed by atoms with Crippen molar-refractivity contribution in [2.75, 3.05) is 10.0 Å². The molecule has 0 spiro atoms. The lowest BCUT2D eigenvalue weighted by molar-refractivity contribution is 0.252. The van der Waals surface area contributed by atoms with Crippen molar-refractivity contribution >= 4 is 27.7 Å². The minimum atomic E-state index is -3.83. The number of nitrogens with one attached hydrogen (secondary N) is 3. The van der Waals surface area contributed by atoms with Gasteiger partial charge >= 0.3 is 6.03 Å². The van der Waals surface area contributed by atoms with E-state index in [9.17, 15) is 13.2 Å². The lowest BCUT2D eigenvalue weighted by atomic mass is 10.3. The summed E-state index contributed by atoms with van der Waals surface area (Å²) in [6.45, 7) is 3.49. The molecule has 0 atom stereocenters. The molecular formula is C13H16N6O3S. The van der Waals surface area contributed by atoms with Gasteiger partial charge in [-0.2, -0.15) is 0 Å². The minimum Gasteiger partial charge on any atom is -0.307 e. The van der Waals surface area contributed by atoms with Crippen molar-refractivity contribution in [1.29, 1.82) is 0 Å². The van der Waals surface area contributed by atoms with Crippen molar-refractivity contribution in [1.82, 2.24) is 15.4 Å². The zero-order valence-electron chi connectivity index (χ0n) is 12.5. The Bertz CT molecular complexity index is 800. The topological polar surface area (TPSA) is 139 Å². The number of carbonyl (C=O) groups excluding carboxylic acids is 1. The normalized spacial score (nSPS) is 10.9. The van der Waals surface area contributed by atoms with Gasteiger partial charge in [0, 0.05) is 17.1 Å². The average Bonchev–Trinajstić information content (AvgIpc) is 2.46. The second-order valence-electron chi connectivity index (χ2n) is 4.70. The van der Waals surface area contributed by atoms with Crippen molar-refractivity contribution in [3.63, 3.8) is 0 Å². The molecule has 5 N–H and O–H groups in total. The van der Waals surface area contributed by atoms with E-state index in [1.807, 2.05) is 5.43 Å². The first-order chi connectivity index (χ1) is 10.8. The van der Waals surface area contributed by atoms with E-state index in [1.54, 1.807) is 19.9 Å². The molecule has 1 heterocycles. The molecule has 1 aromatic carbocycles. The van der Waals surface area contributed by atoms with Gasteiger partial charge in [-0.15, -0.1) is 0 Å². The molecule has 0 aliphatic carbocycles. The summed E-state index contributed by atoms with van der Waals surface area (Å²) in [5, 5.41) is 2.42. The van der Waals surface area contributed by atoms with E-state index in [0.29, 0.717) is 17.1 Å². The number of hydrazine groups is 1. The van der Waals surface area contributed by atoms with E-state index in [4.69, 9.17) is 5.84 Å². The molecule has 0 aliphatic heterocycles. The fraction of sp³-hybridized carbons (Fsp3) is 0.154. The highest BCUT2D eigenvalue weighted by Gasteiger charge is 2.16. The molecule has 0 unspecified atom stereocenters. The molecule has 0 fully saturated rings. The Hall–Kier alpha value is -2.72. The van der Waals surface area contributed by atoms with Gasteiger partial charge in [0.15, 0.2) is 0 Å². The third-order valence-corrected chi connectivity index (χ3v) is 4.11. The van der Waals surface area contributed by atoms with Gasteiger partial charge in [0.2, 0.25) is 5.95 Å². The molecule has 2 rings (SSSR count). The monoisotopic (exact) mass is 336 g/mol. The molecule has 0 saturated heterocycles. The van der Waals surface area contributed by atoms with Crippen LogP contribution in [-0.4, -0.2) is 24.4 Å². The molecule has 0 radical (unpaired) electrons. The summed E-state index contributed by atoms with van der Waals surface area (Å²) in [7, 11) is -3.83. The van der Waals surface area contributed by atoms with Crippen molar-refractivity contribution in [3.8, 4) is 0 Å². The quantitative estimate of drug-likeness (QED) is 0.371. The van der Waals surface area contributed by atoms with E-state index < -0.39 is 16.1 Å². The van der Waals surface area contributed by atoms with Gasteiger partial charge in [0.05, 0.1) is 4.90 Å². The first-order valence-electron chi connectivity index (χ1n) is 6.53. The summed E-state index contributed by atoms with van der Waals surface area (Å²) >= 11 is 0. The predicted molar refractivity (Wildman–Crippen MR) is 85.1 cm³/mol. The molecular weight excluding hydrogens is 320 g/mol. The second-order valence-corrected chi connectivity index (χ2v) is 6.39. The van der Waals surface area contributed by atoms with Gasteiger partial charge in [-0.3, -0.25) is 5.43 Å². The number of carbonyl (C=O) groups is 1. The number of nitrogens with zero attached hydrogens (tertiary/aromatic N) is 2. The number of aromatic nitrogens is 2. The number of anilines is 2. The van der Waals surface area contributed by atoms with Crippen LogP contribution in [0.4, 0.5) is 16.4 Å². The summed E-state index contributed by atoms with van der Waals surface area (Å²) in [6, 6.07) is 6.69. The molecule has 2 aromatic rings. The van der Waals surface area contributed by atoms with E-state index in [0.717, 1.165) is 0 Å². The van der Waals surface area contributed by atoms with Crippen molar-refractivity contribution in [2.45, 2.75) is 18.7 Å². The number of hydrogen-bond acceptors (Lipinski definition) is 6. The molecule has 9 nitrogen and oxygen atoms in total. The smallest absolute Gasteiger partial charge is 0.307 e. The largest absolute Gasteiger partial charge is 0.333 e. The van der Waals surface area contributed by atoms with Gasteiger partial charge in [-0.1, -0.05) is 0 Å². The zero-order chi connectivity index (χ0) is 17.0. The molecule has 10 heteroatoms. The highest BCUT2D eigenvalue weighted by molar-refractivity contribution is 7.92. The van der Waals surface area contributed by atoms with E-state index >= 15 is 0 Å². The number of rotatable bonds is 4. The highest BCUT2D eigenvalue weighted by Crippen LogP contribution is 2.17. The van der Waals surface area contributed by atoms with Crippen molar-refractivity contribution < 1.29 is 13.2 Å². The van der Waals surface area contributed by atoms with Gasteiger partial charge in [0.25, 0.3) is 10.0 Å². The first kappa shape index (κ1) is 16.6. The van der Waals surface area contributed by atoms with Crippen LogP contribution >= 0.6 is 0 Å². The average molecular weight is 336 g/mol. The maximum absolute atomic E-state index is 12.3. The SMILES string of the molecule is Cc1cc(C)nc(NS(=O)(=O)c2ccc(NC(=O)NN)cc2)n1. The Morgan fingerprint density at radius 2 is 1.65 bits per heavy atom. The van der Waals surface area contributed by atoms with Crippen LogP contribution in [0.2, 0.25) is 0 Å². The van der Waals surface area contributed by atoms with Crippen LogP contribution in [0.1, 0.15) is 11.4 Å². The summed E-state index contributed by atoms with van der Waals surface area (Å²) in [6.07, 6.45) is 0. The molecule has 122 valence electrons. The second kappa shape index (κ2) is 6.58. The van der Waals surface area contributed by atoms with Crippen LogP contribution < -0.4 is 21.3 Å². The fourth-order valence-corrected chi connectivity index (χ4v) is 2.78. The Balaban J connectivity index is 2.20. The predicted octanol–water partition coefficient (Wildman–Crippen LogP) is 0.889. The zero-order valence-corrected chi connectivity index (χ0v) is 13.3. The molecule has 2 amide bonds. The fourth-order valence-electron chi connectivity index (χ4n) is 1.84. The standard InChI is InChI=1S/C13H16N6O3S/c1-8-7-9(2)16-12(15-8)19-23(21,22)11-5-3-10(4-6-11)17-13(20)18-14/h3-7H,14H2,1-2H3,(H,15,16,19)(H2,17,18,20). The van der Waals surface area contributed by atoms with Gasteiger partial charge in [-0.25, -0.2) is 33.7 Å². The molecule has 0 saturated carbocycles. The van der Waals surface area contributed by atoms with E-state index in [2.05, 4.69) is 20.0 Å². The minimum absolute atomic E-state index is 0.00668. The van der Waals surface area contributed by atoms with Crippen LogP contribution in [0.3, 0.4) is 0 Å². The van der Waals surface area contributed by atoms with E-state index in [1.165, 1.54) is 24.3 Å². The van der Waals surface area contributed by atoms with E-state index in [-0.39, 0.29) is 10.8 Å². The van der Waals surface area contributed by atoms with Crippen LogP contribution in [0.25, 0.3) is 0 Å². The summed E-state index contributed by atoms with van der Waals surface area (Å²) in [4.78, 5) is 19.2. The first-order valence-corrected chi connectivity index (χ1v) is 8.01. The summed E-state index contributed by atoms with van der Waals surface area (Å²) in [5.74, 6) is 4.95. The van der Waals surface area contributed by atoms with Crippen LogP contribution in [-0.2, 0) is 10.0 Å². The number of benzene rings is 1. The third-order valence-electron chi connectivity index (χ3n) is 2.76. The van der Waals surface area contributed by atoms with Crippen molar-refractivity contribution in [2.24, 2.45) is 5.84 Å². The molecule has 0 bridgehead atoms. The maximum Gasteiger partial charge on any atom is 0.333 e. The number of urea groups is 1. The van der Waals surface area contributed by atoms with Crippen molar-refractivity contribution in [3.05, 3.63) is 41.7 Å². The lowest BCUT2D eigenvalue weighted by Crippen LogP contribution is -2.34. The van der Waals surface area contributed by atoms with Crippen LogP contribution in [0.5, 0.6) is 0 Å². The van der Waals surface area contributed by atoms with Gasteiger partial charge in [0.1, 0.15) is 0 Å². The number of sulfonamides is 1. The number of nitrogens with two attached hydrogens (primary N) is 1. The summed E-state index contributed by atoms with van der Waals surface area (Å²) < 4.78 is 26.9. The number of amides is 2. The van der Waals surface area contributed by atoms with Crippen LogP contribution in [0.15, 0.2) is 35.2 Å². The molecule has 0 aliphatic rings. The maximum atomic E-state index is 12.3. The lowest BCUT2D eigenvalue weighted by Gasteiger charge is -2.09. The van der Waals surface area contributed by atoms with Crippen LogP contribution in [0, 0.1) is 13.8 Å². The Morgan fingerprint density at radius 3 is 2.17 bits per heavy atom.